The molecule has 2 heterocycles. The fourth-order valence-corrected chi connectivity index (χ4v) is 2.57. The maximum atomic E-state index is 4.43. The monoisotopic (exact) mass is 249 g/mol. The van der Waals surface area contributed by atoms with Crippen LogP contribution < -0.4 is 5.32 Å². The predicted molar refractivity (Wildman–Crippen MR) is 73.3 cm³/mol. The van der Waals surface area contributed by atoms with Crippen LogP contribution in [0.2, 0.25) is 0 Å². The van der Waals surface area contributed by atoms with Crippen LogP contribution in [-0.2, 0) is 6.54 Å². The van der Waals surface area contributed by atoms with E-state index in [4.69, 9.17) is 0 Å². The van der Waals surface area contributed by atoms with Crippen molar-refractivity contribution in [2.24, 2.45) is 0 Å². The first-order valence-corrected chi connectivity index (χ1v) is 6.91. The molecule has 0 spiro atoms. The quantitative estimate of drug-likeness (QED) is 0.853. The van der Waals surface area contributed by atoms with Crippen molar-refractivity contribution in [1.82, 2.24) is 14.9 Å². The normalized spacial score (nSPS) is 12.8. The summed E-state index contributed by atoms with van der Waals surface area (Å²) in [6.07, 6.45) is 6.32. The minimum Gasteiger partial charge on any atom is -0.330 e. The van der Waals surface area contributed by atoms with E-state index < -0.39 is 0 Å². The third-order valence-corrected chi connectivity index (χ3v) is 3.85. The van der Waals surface area contributed by atoms with Gasteiger partial charge in [-0.2, -0.15) is 0 Å². The number of aryl methyl sites for hydroxylation is 1. The Balaban J connectivity index is 1.96. The van der Waals surface area contributed by atoms with Gasteiger partial charge in [-0.15, -0.1) is 11.3 Å². The van der Waals surface area contributed by atoms with Gasteiger partial charge < -0.3 is 9.88 Å². The maximum absolute atomic E-state index is 4.43. The number of nitrogens with one attached hydrogen (secondary N) is 1. The zero-order valence-corrected chi connectivity index (χ0v) is 11.2. The molecule has 0 aliphatic carbocycles. The molecule has 0 saturated carbocycles. The molecule has 92 valence electrons. The zero-order valence-electron chi connectivity index (χ0n) is 10.4. The summed E-state index contributed by atoms with van der Waals surface area (Å²) in [7, 11) is 2.01. The van der Waals surface area contributed by atoms with E-state index in [-0.39, 0.29) is 0 Å². The minimum absolute atomic E-state index is 0.587. The van der Waals surface area contributed by atoms with Crippen molar-refractivity contribution in [2.75, 3.05) is 7.05 Å². The molecule has 0 aliphatic heterocycles. The van der Waals surface area contributed by atoms with Gasteiger partial charge in [-0.25, -0.2) is 4.98 Å². The van der Waals surface area contributed by atoms with Crippen molar-refractivity contribution >= 4 is 11.3 Å². The smallest absolute Gasteiger partial charge is 0.149 e. The maximum Gasteiger partial charge on any atom is 0.149 e. The van der Waals surface area contributed by atoms with Crippen LogP contribution >= 0.6 is 11.3 Å². The van der Waals surface area contributed by atoms with Crippen molar-refractivity contribution in [1.29, 1.82) is 0 Å². The summed E-state index contributed by atoms with van der Waals surface area (Å²) in [6.45, 7) is 3.26. The van der Waals surface area contributed by atoms with E-state index in [0.717, 1.165) is 12.4 Å². The summed E-state index contributed by atoms with van der Waals surface area (Å²) in [5.74, 6) is 1.09. The summed E-state index contributed by atoms with van der Waals surface area (Å²) in [5.41, 5.74) is 0. The average Bonchev–Trinajstić information content (AvgIpc) is 2.98. The van der Waals surface area contributed by atoms with E-state index >= 15 is 0 Å². The van der Waals surface area contributed by atoms with Gasteiger partial charge in [-0.3, -0.25) is 0 Å². The molecule has 2 aromatic heterocycles. The number of rotatable bonds is 6. The highest BCUT2D eigenvalue weighted by molar-refractivity contribution is 7.13. The molecule has 4 heteroatoms. The fourth-order valence-electron chi connectivity index (χ4n) is 1.83. The summed E-state index contributed by atoms with van der Waals surface area (Å²) in [5, 5.41) is 5.36. The highest BCUT2D eigenvalue weighted by atomic mass is 32.1. The first-order valence-electron chi connectivity index (χ1n) is 6.03. The molecule has 0 aromatic carbocycles. The van der Waals surface area contributed by atoms with Gasteiger partial charge in [0, 0.05) is 25.0 Å². The van der Waals surface area contributed by atoms with Gasteiger partial charge in [0.1, 0.15) is 5.82 Å². The van der Waals surface area contributed by atoms with Gasteiger partial charge in [0.25, 0.3) is 0 Å². The lowest BCUT2D eigenvalue weighted by Gasteiger charge is -2.11. The van der Waals surface area contributed by atoms with Gasteiger partial charge >= 0.3 is 0 Å². The number of imidazole rings is 1. The van der Waals surface area contributed by atoms with E-state index in [2.05, 4.69) is 45.5 Å². The number of nitrogens with zero attached hydrogens (tertiary/aromatic N) is 2. The Morgan fingerprint density at radius 1 is 1.53 bits per heavy atom. The van der Waals surface area contributed by atoms with Crippen LogP contribution in [0.1, 0.15) is 19.8 Å². The lowest BCUT2D eigenvalue weighted by molar-refractivity contribution is 0.509. The molecule has 17 heavy (non-hydrogen) atoms. The molecule has 0 radical (unpaired) electrons. The largest absolute Gasteiger partial charge is 0.330 e. The lowest BCUT2D eigenvalue weighted by atomic mass is 10.2. The highest BCUT2D eigenvalue weighted by Crippen LogP contribution is 2.23. The second kappa shape index (κ2) is 5.98. The van der Waals surface area contributed by atoms with Crippen LogP contribution in [0.5, 0.6) is 0 Å². The first-order chi connectivity index (χ1) is 8.31. The topological polar surface area (TPSA) is 29.9 Å². The Hall–Kier alpha value is -1.13. The molecule has 0 aliphatic rings. The SMILES string of the molecule is CNC(C)CCCn1ccnc1-c1cccs1. The number of thiophene rings is 1. The van der Waals surface area contributed by atoms with Crippen LogP contribution in [0.3, 0.4) is 0 Å². The van der Waals surface area contributed by atoms with E-state index in [1.807, 2.05) is 13.2 Å². The van der Waals surface area contributed by atoms with E-state index in [1.54, 1.807) is 11.3 Å². The highest BCUT2D eigenvalue weighted by Gasteiger charge is 2.06. The Labute approximate surface area is 107 Å². The van der Waals surface area contributed by atoms with Gasteiger partial charge in [0.2, 0.25) is 0 Å². The molecule has 2 aromatic rings. The van der Waals surface area contributed by atoms with Crippen LogP contribution in [-0.4, -0.2) is 22.6 Å². The second-order valence-corrected chi connectivity index (χ2v) is 5.20. The Morgan fingerprint density at radius 2 is 2.41 bits per heavy atom. The van der Waals surface area contributed by atoms with Gasteiger partial charge in [-0.1, -0.05) is 6.07 Å². The van der Waals surface area contributed by atoms with Crippen LogP contribution in [0.15, 0.2) is 29.9 Å². The van der Waals surface area contributed by atoms with E-state index in [0.29, 0.717) is 6.04 Å². The van der Waals surface area contributed by atoms with Crippen molar-refractivity contribution in [3.05, 3.63) is 29.9 Å². The first kappa shape index (κ1) is 12.3. The molecule has 1 atom stereocenters. The molecule has 0 fully saturated rings. The third-order valence-electron chi connectivity index (χ3n) is 2.99. The molecular weight excluding hydrogens is 230 g/mol. The molecule has 2 rings (SSSR count). The number of hydrogen-bond acceptors (Lipinski definition) is 3. The van der Waals surface area contributed by atoms with Crippen molar-refractivity contribution in [3.63, 3.8) is 0 Å². The second-order valence-electron chi connectivity index (χ2n) is 4.25. The third kappa shape index (κ3) is 3.17. The molecule has 1 unspecified atom stereocenters. The van der Waals surface area contributed by atoms with Crippen LogP contribution in [0.4, 0.5) is 0 Å². The average molecular weight is 249 g/mol. The Morgan fingerprint density at radius 3 is 3.12 bits per heavy atom. The van der Waals surface area contributed by atoms with Gasteiger partial charge in [0.15, 0.2) is 0 Å². The summed E-state index contributed by atoms with van der Waals surface area (Å²) < 4.78 is 2.24. The standard InChI is InChI=1S/C13H19N3S/c1-11(14-2)5-3-8-16-9-7-15-13(16)12-6-4-10-17-12/h4,6-7,9-11,14H,3,5,8H2,1-2H3. The summed E-state index contributed by atoms with van der Waals surface area (Å²) in [6, 6.07) is 4.78. The Kier molecular flexibility index (Phi) is 4.34. The molecule has 3 nitrogen and oxygen atoms in total. The molecule has 0 bridgehead atoms. The number of aromatic nitrogens is 2. The molecule has 1 N–H and O–H groups in total. The Bertz CT molecular complexity index is 433. The van der Waals surface area contributed by atoms with Crippen molar-refractivity contribution in [2.45, 2.75) is 32.4 Å². The van der Waals surface area contributed by atoms with Crippen LogP contribution in [0, 0.1) is 0 Å². The van der Waals surface area contributed by atoms with E-state index in [1.165, 1.54) is 17.7 Å². The minimum atomic E-state index is 0.587. The summed E-state index contributed by atoms with van der Waals surface area (Å²) >= 11 is 1.74. The summed E-state index contributed by atoms with van der Waals surface area (Å²) in [4.78, 5) is 5.68. The molecule has 0 amide bonds. The van der Waals surface area contributed by atoms with Crippen molar-refractivity contribution < 1.29 is 0 Å². The van der Waals surface area contributed by atoms with Gasteiger partial charge in [-0.05, 0) is 38.3 Å². The fraction of sp³-hybridized carbons (Fsp3) is 0.462. The van der Waals surface area contributed by atoms with E-state index in [9.17, 15) is 0 Å². The molecular formula is C13H19N3S. The number of hydrogen-bond donors (Lipinski definition) is 1. The van der Waals surface area contributed by atoms with Gasteiger partial charge in [0.05, 0.1) is 4.88 Å². The zero-order chi connectivity index (χ0) is 12.1. The van der Waals surface area contributed by atoms with Crippen LogP contribution in [0.25, 0.3) is 10.7 Å². The molecule has 0 saturated heterocycles. The predicted octanol–water partition coefficient (Wildman–Crippen LogP) is 3.00. The van der Waals surface area contributed by atoms with Crippen molar-refractivity contribution in [3.8, 4) is 10.7 Å². The lowest BCUT2D eigenvalue weighted by Crippen LogP contribution is -2.21.